The van der Waals surface area contributed by atoms with Gasteiger partial charge in [-0.15, -0.1) is 0 Å². The van der Waals surface area contributed by atoms with Gasteiger partial charge in [-0.2, -0.15) is 127 Å². The molecule has 3 nitrogen and oxygen atoms in total. The summed E-state index contributed by atoms with van der Waals surface area (Å²) >= 11 is 0. The molecule has 74 heavy (non-hydrogen) atoms. The SMILES string of the molecule is FC(F)(F)c1cc([B-](c2cc(C(F)(F)F)cc(C(F)(F)F)c2)(c2cc(C(F)(F)F)cc(C(F)(F)F)c2)c2cc(C(F)(F)F)cc(C(F)(F)F)c2)cc(C(F)(F)F)c1.c1ccc2cc(O[n+]3ccncc3)cc-2cc1. The molecule has 0 atom stereocenters. The van der Waals surface area contributed by atoms with E-state index in [1.807, 2.05) is 30.3 Å². The molecule has 0 bridgehead atoms. The van der Waals surface area contributed by atoms with E-state index in [0.29, 0.717) is 0 Å². The number of halogens is 24. The lowest BCUT2D eigenvalue weighted by atomic mass is 9.12. The zero-order chi connectivity index (χ0) is 55.4. The van der Waals surface area contributed by atoms with Gasteiger partial charge >= 0.3 is 49.4 Å². The van der Waals surface area contributed by atoms with Gasteiger partial charge in [-0.05, 0) is 47.5 Å². The van der Waals surface area contributed by atoms with Crippen LogP contribution in [-0.4, -0.2) is 11.1 Å². The first-order valence-electron chi connectivity index (χ1n) is 20.0. The minimum Gasteiger partial charge on any atom is -0.252 e. The molecule has 1 heterocycles. The lowest BCUT2D eigenvalue weighted by molar-refractivity contribution is -0.875. The monoisotopic (exact) mass is 1090 g/mol. The van der Waals surface area contributed by atoms with Crippen molar-refractivity contribution < 1.29 is 115 Å². The van der Waals surface area contributed by atoms with Gasteiger partial charge in [0.15, 0.2) is 0 Å². The van der Waals surface area contributed by atoms with Crippen LogP contribution in [0.4, 0.5) is 105 Å². The fraction of sp³-hybridized carbons (Fsp3) is 0.174. The van der Waals surface area contributed by atoms with Gasteiger partial charge < -0.3 is 0 Å². The Kier molecular flexibility index (Phi) is 14.6. The molecule has 394 valence electrons. The Morgan fingerprint density at radius 2 is 0.541 bits per heavy atom. The summed E-state index contributed by atoms with van der Waals surface area (Å²) in [4.78, 5) is 9.61. The zero-order valence-corrected chi connectivity index (χ0v) is 35.7. The molecule has 0 radical (unpaired) electrons. The van der Waals surface area contributed by atoms with Crippen LogP contribution in [0.3, 0.4) is 0 Å². The fourth-order valence-corrected chi connectivity index (χ4v) is 7.80. The second-order valence-electron chi connectivity index (χ2n) is 15.9. The number of hydrogen-bond acceptors (Lipinski definition) is 2. The molecule has 0 N–H and O–H groups in total. The number of alkyl halides is 24. The van der Waals surface area contributed by atoms with Crippen LogP contribution in [0.5, 0.6) is 5.75 Å². The molecule has 0 unspecified atom stereocenters. The molecule has 7 rings (SSSR count). The van der Waals surface area contributed by atoms with Crippen LogP contribution in [-0.2, 0) is 49.4 Å². The fourth-order valence-electron chi connectivity index (χ4n) is 7.80. The molecule has 0 amide bonds. The van der Waals surface area contributed by atoms with Crippen molar-refractivity contribution in [1.82, 2.24) is 4.98 Å². The Hall–Kier alpha value is -7.16. The third-order valence-electron chi connectivity index (χ3n) is 11.0. The van der Waals surface area contributed by atoms with Crippen LogP contribution in [0, 0.1) is 0 Å². The minimum atomic E-state index is -6.13. The first-order chi connectivity index (χ1) is 33.7. The Balaban J connectivity index is 0.000000436. The van der Waals surface area contributed by atoms with E-state index in [9.17, 15) is 105 Å². The van der Waals surface area contributed by atoms with Crippen molar-refractivity contribution in [3.8, 4) is 16.9 Å². The standard InChI is InChI=1S/C32H12BF24.C14H11N2O/c34-25(35,36)13-1-14(26(37,38)39)6-21(5-13)33(22-7-15(27(40,41)42)2-16(8-22)28(43,44)45,23-9-17(29(46,47)48)3-18(10-23)30(49,50)51)24-11-19(31(52,53)54)4-20(12-24)32(55,56)57;1-2-4-12-10-14(11-13(12)5-3-1)17-16-8-6-15-7-9-16/h1-12H;1-11H/q-1;+1. The first kappa shape index (κ1) is 56.1. The topological polar surface area (TPSA) is 26.0 Å². The molecule has 5 aromatic rings. The van der Waals surface area contributed by atoms with Crippen LogP contribution in [0.15, 0.2) is 140 Å². The predicted molar refractivity (Wildman–Crippen MR) is 214 cm³/mol. The minimum absolute atomic E-state index is 0.691. The van der Waals surface area contributed by atoms with E-state index in [1.54, 1.807) is 29.5 Å². The van der Waals surface area contributed by atoms with Crippen LogP contribution in [0.1, 0.15) is 44.5 Å². The van der Waals surface area contributed by atoms with E-state index < -0.39 is 195 Å². The molecule has 0 saturated carbocycles. The number of hydrogen-bond donors (Lipinski definition) is 0. The van der Waals surface area contributed by atoms with E-state index in [2.05, 4.69) is 17.1 Å². The second-order valence-corrected chi connectivity index (χ2v) is 15.9. The van der Waals surface area contributed by atoms with Crippen molar-refractivity contribution in [1.29, 1.82) is 0 Å². The third kappa shape index (κ3) is 12.6. The molecular weight excluding hydrogens is 1060 g/mol. The van der Waals surface area contributed by atoms with Gasteiger partial charge in [0.2, 0.25) is 18.1 Å². The number of aromatic nitrogens is 2. The summed E-state index contributed by atoms with van der Waals surface area (Å²) in [7, 11) is 0. The van der Waals surface area contributed by atoms with E-state index in [0.717, 1.165) is 5.75 Å². The average molecular weight is 1090 g/mol. The largest absolute Gasteiger partial charge is 0.416 e. The number of rotatable bonds is 6. The normalized spacial score (nSPS) is 13.4. The lowest BCUT2D eigenvalue weighted by Crippen LogP contribution is -2.75. The highest BCUT2D eigenvalue weighted by Crippen LogP contribution is 2.41. The molecule has 0 fully saturated rings. The average Bonchev–Trinajstić information content (AvgIpc) is 3.51. The van der Waals surface area contributed by atoms with Gasteiger partial charge in [0.25, 0.3) is 0 Å². The van der Waals surface area contributed by atoms with Gasteiger partial charge in [0.1, 0.15) is 6.15 Å². The summed E-state index contributed by atoms with van der Waals surface area (Å²) in [6.45, 7) is 0. The Morgan fingerprint density at radius 3 is 0.757 bits per heavy atom. The van der Waals surface area contributed by atoms with E-state index in [1.165, 1.54) is 11.1 Å². The van der Waals surface area contributed by atoms with Crippen molar-refractivity contribution in [2.24, 2.45) is 0 Å². The van der Waals surface area contributed by atoms with Crippen molar-refractivity contribution in [2.75, 3.05) is 0 Å². The van der Waals surface area contributed by atoms with Crippen molar-refractivity contribution >= 4 is 28.0 Å². The van der Waals surface area contributed by atoms with Gasteiger partial charge in [-0.25, -0.2) is 4.84 Å². The number of nitrogens with zero attached hydrogens (tertiary/aromatic N) is 2. The predicted octanol–water partition coefficient (Wildman–Crippen LogP) is 13.5. The smallest absolute Gasteiger partial charge is 0.252 e. The summed E-state index contributed by atoms with van der Waals surface area (Å²) in [6, 6.07) is 5.41. The summed E-state index contributed by atoms with van der Waals surface area (Å²) in [5, 5.41) is 0. The maximum Gasteiger partial charge on any atom is 0.416 e. The molecule has 0 aliphatic heterocycles. The molecular formula is C46H23BF24N2O. The lowest BCUT2D eigenvalue weighted by Gasteiger charge is -2.46. The first-order valence-corrected chi connectivity index (χ1v) is 20.0. The summed E-state index contributed by atoms with van der Waals surface area (Å²) < 4.78 is 342. The molecule has 28 heteroatoms. The number of fused-ring (bicyclic) bond motifs is 1. The highest BCUT2D eigenvalue weighted by atomic mass is 19.4. The Morgan fingerprint density at radius 1 is 0.311 bits per heavy atom. The van der Waals surface area contributed by atoms with Gasteiger partial charge in [-0.1, -0.05) is 78.9 Å². The van der Waals surface area contributed by atoms with Crippen LogP contribution < -0.4 is 31.4 Å². The van der Waals surface area contributed by atoms with Crippen LogP contribution >= 0.6 is 0 Å². The summed E-state index contributed by atoms with van der Waals surface area (Å²) in [5.41, 5.74) is -27.9. The van der Waals surface area contributed by atoms with Crippen molar-refractivity contribution in [2.45, 2.75) is 49.4 Å². The number of benzene rings is 4. The Bertz CT molecular complexity index is 2630. The zero-order valence-electron chi connectivity index (χ0n) is 35.7. The van der Waals surface area contributed by atoms with Crippen LogP contribution in [0.25, 0.3) is 11.1 Å². The molecule has 0 saturated heterocycles. The van der Waals surface area contributed by atoms with Crippen molar-refractivity contribution in [3.63, 3.8) is 0 Å². The molecule has 0 spiro atoms. The maximum atomic E-state index is 14.2. The Labute approximate surface area is 398 Å². The summed E-state index contributed by atoms with van der Waals surface area (Å²) in [6.07, 6.45) is -47.9. The molecule has 1 aromatic heterocycles. The van der Waals surface area contributed by atoms with E-state index in [4.69, 9.17) is 4.84 Å². The van der Waals surface area contributed by atoms with Gasteiger partial charge in [-0.3, -0.25) is 4.98 Å². The highest BCUT2D eigenvalue weighted by molar-refractivity contribution is 7.20. The summed E-state index contributed by atoms with van der Waals surface area (Å²) in [5.74, 6) is 0.822. The second kappa shape index (κ2) is 19.3. The molecule has 4 aromatic carbocycles. The molecule has 2 aliphatic carbocycles. The quantitative estimate of drug-likeness (QED) is 0.0942. The van der Waals surface area contributed by atoms with Gasteiger partial charge in [0, 0.05) is 4.73 Å². The highest BCUT2D eigenvalue weighted by Gasteiger charge is 2.47. The third-order valence-corrected chi connectivity index (χ3v) is 11.0. The van der Waals surface area contributed by atoms with E-state index >= 15 is 0 Å². The van der Waals surface area contributed by atoms with E-state index in [-0.39, 0.29) is 0 Å². The maximum absolute atomic E-state index is 14.2. The van der Waals surface area contributed by atoms with Crippen molar-refractivity contribution in [3.05, 3.63) is 185 Å². The van der Waals surface area contributed by atoms with Gasteiger partial charge in [0.05, 0.1) is 56.9 Å². The molecule has 2 aliphatic rings. The van der Waals surface area contributed by atoms with Crippen LogP contribution in [0.2, 0.25) is 0 Å².